The molecular formula is C18H26N2O. The summed E-state index contributed by atoms with van der Waals surface area (Å²) in [7, 11) is 0. The molecular weight excluding hydrogens is 260 g/mol. The molecule has 0 amide bonds. The number of benzene rings is 1. The van der Waals surface area contributed by atoms with E-state index in [-0.39, 0.29) is 0 Å². The van der Waals surface area contributed by atoms with Crippen LogP contribution >= 0.6 is 0 Å². The van der Waals surface area contributed by atoms with Crippen LogP contribution in [-0.4, -0.2) is 37.2 Å². The van der Waals surface area contributed by atoms with Crippen LogP contribution in [0.25, 0.3) is 0 Å². The molecule has 114 valence electrons. The third-order valence-corrected chi connectivity index (χ3v) is 5.10. The molecule has 1 heterocycles. The van der Waals surface area contributed by atoms with Crippen molar-refractivity contribution in [2.45, 2.75) is 38.3 Å². The van der Waals surface area contributed by atoms with Crippen LogP contribution in [0.2, 0.25) is 0 Å². The number of nitrogens with zero attached hydrogens (tertiary/aromatic N) is 1. The van der Waals surface area contributed by atoms with E-state index in [0.717, 1.165) is 56.4 Å². The van der Waals surface area contributed by atoms with E-state index < -0.39 is 0 Å². The smallest absolute Gasteiger partial charge is 0.123 e. The van der Waals surface area contributed by atoms with Gasteiger partial charge in [0, 0.05) is 37.8 Å². The third kappa shape index (κ3) is 3.41. The van der Waals surface area contributed by atoms with Crippen molar-refractivity contribution >= 4 is 0 Å². The molecule has 3 aliphatic rings. The van der Waals surface area contributed by atoms with E-state index in [4.69, 9.17) is 4.74 Å². The molecule has 0 saturated heterocycles. The van der Waals surface area contributed by atoms with Crippen LogP contribution in [0.5, 0.6) is 5.75 Å². The Balaban J connectivity index is 1.28. The summed E-state index contributed by atoms with van der Waals surface area (Å²) in [6, 6.07) is 9.28. The average molecular weight is 286 g/mol. The average Bonchev–Trinajstić information content (AvgIpc) is 3.39. The van der Waals surface area contributed by atoms with Gasteiger partial charge in [-0.1, -0.05) is 18.2 Å². The fourth-order valence-corrected chi connectivity index (χ4v) is 3.59. The highest BCUT2D eigenvalue weighted by Crippen LogP contribution is 2.44. The lowest BCUT2D eigenvalue weighted by atomic mass is 10.1. The van der Waals surface area contributed by atoms with Gasteiger partial charge < -0.3 is 10.1 Å². The number of hydrogen-bond donors (Lipinski definition) is 1. The Morgan fingerprint density at radius 3 is 2.67 bits per heavy atom. The van der Waals surface area contributed by atoms with Crippen LogP contribution in [0, 0.1) is 11.8 Å². The molecule has 21 heavy (non-hydrogen) atoms. The van der Waals surface area contributed by atoms with Gasteiger partial charge in [-0.05, 0) is 43.6 Å². The number of fused-ring (bicyclic) bond motifs is 1. The summed E-state index contributed by atoms with van der Waals surface area (Å²) in [5, 5.41) is 3.85. The van der Waals surface area contributed by atoms with Gasteiger partial charge in [-0.15, -0.1) is 0 Å². The van der Waals surface area contributed by atoms with Gasteiger partial charge in [0.25, 0.3) is 0 Å². The first-order valence-electron chi connectivity index (χ1n) is 8.56. The lowest BCUT2D eigenvalue weighted by Crippen LogP contribution is -2.39. The second-order valence-corrected chi connectivity index (χ2v) is 6.89. The summed E-state index contributed by atoms with van der Waals surface area (Å²) < 4.78 is 5.84. The molecule has 0 bridgehead atoms. The summed E-state index contributed by atoms with van der Waals surface area (Å²) in [6.07, 6.45) is 5.83. The summed E-state index contributed by atoms with van der Waals surface area (Å²) in [4.78, 5) is 2.52. The highest BCUT2D eigenvalue weighted by molar-refractivity contribution is 5.33. The summed E-state index contributed by atoms with van der Waals surface area (Å²) in [6.45, 7) is 5.13. The first kappa shape index (κ1) is 13.6. The minimum absolute atomic E-state index is 0.811. The number of para-hydroxylation sites is 1. The molecule has 0 spiro atoms. The Morgan fingerprint density at radius 2 is 1.90 bits per heavy atom. The van der Waals surface area contributed by atoms with Crippen molar-refractivity contribution in [2.75, 3.05) is 26.2 Å². The van der Waals surface area contributed by atoms with Gasteiger partial charge in [0.15, 0.2) is 0 Å². The van der Waals surface area contributed by atoms with Crippen molar-refractivity contribution in [3.05, 3.63) is 29.8 Å². The Hall–Kier alpha value is -1.06. The van der Waals surface area contributed by atoms with Gasteiger partial charge in [0.05, 0.1) is 0 Å². The summed E-state index contributed by atoms with van der Waals surface area (Å²) in [5.74, 6) is 3.05. The molecule has 0 aromatic heterocycles. The summed E-state index contributed by atoms with van der Waals surface area (Å²) in [5.41, 5.74) is 1.33. The van der Waals surface area contributed by atoms with E-state index in [1.807, 2.05) is 0 Å². The Morgan fingerprint density at radius 1 is 1.14 bits per heavy atom. The fourth-order valence-electron chi connectivity index (χ4n) is 3.59. The van der Waals surface area contributed by atoms with Crippen molar-refractivity contribution < 1.29 is 4.74 Å². The maximum Gasteiger partial charge on any atom is 0.123 e. The molecule has 3 nitrogen and oxygen atoms in total. The number of rotatable bonds is 6. The van der Waals surface area contributed by atoms with Gasteiger partial charge >= 0.3 is 0 Å². The predicted molar refractivity (Wildman–Crippen MR) is 84.5 cm³/mol. The third-order valence-electron chi connectivity index (χ3n) is 5.10. The van der Waals surface area contributed by atoms with Gasteiger partial charge in [-0.2, -0.15) is 0 Å². The minimum Gasteiger partial charge on any atom is -0.492 e. The molecule has 2 aliphatic carbocycles. The second-order valence-electron chi connectivity index (χ2n) is 6.89. The molecule has 1 aliphatic heterocycles. The van der Waals surface area contributed by atoms with Crippen LogP contribution in [0.3, 0.4) is 0 Å². The maximum absolute atomic E-state index is 5.84. The Kier molecular flexibility index (Phi) is 3.87. The molecule has 0 unspecified atom stereocenters. The van der Waals surface area contributed by atoms with Crippen molar-refractivity contribution in [3.8, 4) is 5.75 Å². The van der Waals surface area contributed by atoms with Crippen molar-refractivity contribution in [1.29, 1.82) is 0 Å². The molecule has 2 saturated carbocycles. The van der Waals surface area contributed by atoms with E-state index in [2.05, 4.69) is 34.5 Å². The lowest BCUT2D eigenvalue weighted by molar-refractivity contribution is 0.221. The highest BCUT2D eigenvalue weighted by Gasteiger charge is 2.40. The fraction of sp³-hybridized carbons (Fsp3) is 0.667. The van der Waals surface area contributed by atoms with E-state index in [1.165, 1.54) is 31.2 Å². The quantitative estimate of drug-likeness (QED) is 0.870. The Bertz CT molecular complexity index is 470. The van der Waals surface area contributed by atoms with E-state index in [0.29, 0.717) is 0 Å². The number of ether oxygens (including phenoxy) is 1. The zero-order chi connectivity index (χ0) is 14.1. The monoisotopic (exact) mass is 286 g/mol. The SMILES string of the molecule is c1ccc2c(c1)CN(CCNC(C1CC1)C1CC1)CCO2. The topological polar surface area (TPSA) is 24.5 Å². The van der Waals surface area contributed by atoms with E-state index in [9.17, 15) is 0 Å². The molecule has 0 radical (unpaired) electrons. The second kappa shape index (κ2) is 5.98. The maximum atomic E-state index is 5.84. The van der Waals surface area contributed by atoms with Crippen LogP contribution in [0.15, 0.2) is 24.3 Å². The zero-order valence-corrected chi connectivity index (χ0v) is 12.8. The minimum atomic E-state index is 0.811. The molecule has 1 N–H and O–H groups in total. The van der Waals surface area contributed by atoms with Crippen molar-refractivity contribution in [3.63, 3.8) is 0 Å². The van der Waals surface area contributed by atoms with Crippen molar-refractivity contribution in [2.24, 2.45) is 11.8 Å². The normalized spacial score (nSPS) is 22.7. The summed E-state index contributed by atoms with van der Waals surface area (Å²) >= 11 is 0. The largest absolute Gasteiger partial charge is 0.492 e. The standard InChI is InChI=1S/C18H26N2O/c1-2-4-17-16(3-1)13-20(11-12-21-17)10-9-19-18(14-5-6-14)15-7-8-15/h1-4,14-15,18-19H,5-13H2. The highest BCUT2D eigenvalue weighted by atomic mass is 16.5. The van der Waals surface area contributed by atoms with Gasteiger partial charge in [-0.3, -0.25) is 4.90 Å². The van der Waals surface area contributed by atoms with Crippen molar-refractivity contribution in [1.82, 2.24) is 10.2 Å². The van der Waals surface area contributed by atoms with Gasteiger partial charge in [-0.25, -0.2) is 0 Å². The first-order valence-corrected chi connectivity index (χ1v) is 8.56. The van der Waals surface area contributed by atoms with Gasteiger partial charge in [0.2, 0.25) is 0 Å². The number of hydrogen-bond acceptors (Lipinski definition) is 3. The predicted octanol–water partition coefficient (Wildman–Crippen LogP) is 2.66. The molecule has 1 aromatic rings. The van der Waals surface area contributed by atoms with Crippen LogP contribution in [-0.2, 0) is 6.54 Å². The van der Waals surface area contributed by atoms with Crippen LogP contribution in [0.1, 0.15) is 31.2 Å². The molecule has 2 fully saturated rings. The van der Waals surface area contributed by atoms with E-state index in [1.54, 1.807) is 0 Å². The lowest BCUT2D eigenvalue weighted by Gasteiger charge is -2.23. The van der Waals surface area contributed by atoms with Crippen LogP contribution in [0.4, 0.5) is 0 Å². The van der Waals surface area contributed by atoms with Gasteiger partial charge in [0.1, 0.15) is 12.4 Å². The Labute approximate surface area is 127 Å². The molecule has 3 heteroatoms. The molecule has 0 atom stereocenters. The van der Waals surface area contributed by atoms with E-state index >= 15 is 0 Å². The first-order chi connectivity index (χ1) is 10.4. The number of nitrogens with one attached hydrogen (secondary N) is 1. The molecule has 1 aromatic carbocycles. The van der Waals surface area contributed by atoms with Crippen LogP contribution < -0.4 is 10.1 Å². The molecule has 4 rings (SSSR count). The zero-order valence-electron chi connectivity index (χ0n) is 12.8.